The summed E-state index contributed by atoms with van der Waals surface area (Å²) in [5.74, 6) is 1.10. The molecule has 2 aromatic rings. The number of rotatable bonds is 2. The minimum atomic E-state index is -0.135. The maximum absolute atomic E-state index is 13.0. The van der Waals surface area contributed by atoms with E-state index in [2.05, 4.69) is 5.10 Å². The second-order valence-electron chi connectivity index (χ2n) is 6.15. The lowest BCUT2D eigenvalue weighted by atomic mass is 10.0. The second-order valence-corrected chi connectivity index (χ2v) is 6.59. The quantitative estimate of drug-likeness (QED) is 0.537. The largest absolute Gasteiger partial charge is 0.460 e. The van der Waals surface area contributed by atoms with E-state index in [9.17, 15) is 4.79 Å². The molecule has 2 aliphatic heterocycles. The van der Waals surface area contributed by atoms with Crippen molar-refractivity contribution in [2.75, 3.05) is 0 Å². The molecular formula is C19H13ClN2O2. The van der Waals surface area contributed by atoms with E-state index in [4.69, 9.17) is 16.0 Å². The van der Waals surface area contributed by atoms with Crippen LogP contribution in [0.4, 0.5) is 0 Å². The maximum atomic E-state index is 13.0. The molecule has 3 aliphatic rings. The fourth-order valence-electron chi connectivity index (χ4n) is 3.12. The first kappa shape index (κ1) is 13.8. The van der Waals surface area contributed by atoms with Gasteiger partial charge in [0.1, 0.15) is 22.6 Å². The molecule has 0 spiro atoms. The molecule has 0 saturated heterocycles. The Morgan fingerprint density at radius 2 is 1.83 bits per heavy atom. The Hall–Kier alpha value is -2.59. The predicted octanol–water partition coefficient (Wildman–Crippen LogP) is 4.61. The van der Waals surface area contributed by atoms with Gasteiger partial charge in [-0.25, -0.2) is 0 Å². The van der Waals surface area contributed by atoms with E-state index in [1.165, 1.54) is 4.68 Å². The highest BCUT2D eigenvalue weighted by Crippen LogP contribution is 2.46. The van der Waals surface area contributed by atoms with Gasteiger partial charge in [0.2, 0.25) is 0 Å². The molecule has 0 bridgehead atoms. The molecule has 2 aromatic carbocycles. The highest BCUT2D eigenvalue weighted by Gasteiger charge is 2.34. The van der Waals surface area contributed by atoms with Crippen molar-refractivity contribution in [1.82, 2.24) is 9.78 Å². The van der Waals surface area contributed by atoms with Gasteiger partial charge in [-0.15, -0.1) is 0 Å². The van der Waals surface area contributed by atoms with E-state index >= 15 is 0 Å². The van der Waals surface area contributed by atoms with Crippen LogP contribution in [0.3, 0.4) is 0 Å². The Kier molecular flexibility index (Phi) is 2.85. The molecule has 0 radical (unpaired) electrons. The molecule has 0 amide bonds. The van der Waals surface area contributed by atoms with E-state index < -0.39 is 0 Å². The zero-order chi connectivity index (χ0) is 16.3. The van der Waals surface area contributed by atoms with Crippen molar-refractivity contribution in [2.45, 2.75) is 18.8 Å². The number of para-hydroxylation sites is 1. The third kappa shape index (κ3) is 2.00. The summed E-state index contributed by atoms with van der Waals surface area (Å²) in [5.41, 5.74) is 2.65. The number of hydrogen-bond donors (Lipinski definition) is 0. The topological polar surface area (TPSA) is 48.0 Å². The molecule has 1 saturated carbocycles. The molecule has 5 rings (SSSR count). The molecule has 4 nitrogen and oxygen atoms in total. The summed E-state index contributed by atoms with van der Waals surface area (Å²) < 4.78 is 7.51. The first-order valence-corrected chi connectivity index (χ1v) is 8.30. The van der Waals surface area contributed by atoms with Crippen LogP contribution >= 0.6 is 11.6 Å². The second kappa shape index (κ2) is 4.95. The van der Waals surface area contributed by atoms with Crippen LogP contribution < -0.4 is 5.56 Å². The monoisotopic (exact) mass is 336 g/mol. The summed E-state index contributed by atoms with van der Waals surface area (Å²) in [6, 6.07) is 14.8. The van der Waals surface area contributed by atoms with Crippen molar-refractivity contribution in [3.63, 3.8) is 0 Å². The average Bonchev–Trinajstić information content (AvgIpc) is 3.39. The summed E-state index contributed by atoms with van der Waals surface area (Å²) in [4.78, 5) is 13.0. The van der Waals surface area contributed by atoms with Gasteiger partial charge < -0.3 is 4.42 Å². The third-order valence-corrected chi connectivity index (χ3v) is 4.72. The van der Waals surface area contributed by atoms with Gasteiger partial charge in [-0.1, -0.05) is 23.7 Å². The van der Waals surface area contributed by atoms with E-state index in [0.717, 1.165) is 29.6 Å². The molecule has 24 heavy (non-hydrogen) atoms. The highest BCUT2D eigenvalue weighted by molar-refractivity contribution is 6.30. The number of nitrogens with zero attached hydrogens (tertiary/aromatic N) is 2. The number of aromatic nitrogens is 2. The fourth-order valence-corrected chi connectivity index (χ4v) is 3.25. The third-order valence-electron chi connectivity index (χ3n) is 4.47. The molecule has 2 heterocycles. The molecule has 0 N–H and O–H groups in total. The first-order chi connectivity index (χ1) is 11.7. The summed E-state index contributed by atoms with van der Waals surface area (Å²) in [6.07, 6.45) is 2.12. The molecular weight excluding hydrogens is 324 g/mol. The maximum Gasteiger partial charge on any atom is 0.284 e. The molecule has 0 aromatic heterocycles. The van der Waals surface area contributed by atoms with Crippen LogP contribution in [0.15, 0.2) is 57.7 Å². The molecule has 118 valence electrons. The predicted molar refractivity (Wildman–Crippen MR) is 93.2 cm³/mol. The van der Waals surface area contributed by atoms with Crippen molar-refractivity contribution in [3.8, 4) is 16.9 Å². The van der Waals surface area contributed by atoms with Crippen molar-refractivity contribution in [2.24, 2.45) is 0 Å². The Bertz CT molecular complexity index is 1090. The molecule has 0 unspecified atom stereocenters. The van der Waals surface area contributed by atoms with Crippen LogP contribution in [-0.2, 0) is 0 Å². The van der Waals surface area contributed by atoms with Crippen molar-refractivity contribution >= 4 is 22.6 Å². The zero-order valence-corrected chi connectivity index (χ0v) is 13.5. The molecule has 0 atom stereocenters. The standard InChI is InChI=1S/C19H13ClN2O2/c20-12-7-9-13(10-8-12)22-19(23)16-17(21-22)14-3-1-2-4-15(14)24-18(16)11-5-6-11/h1-4,7-11H,5-6H2. The van der Waals surface area contributed by atoms with Gasteiger partial charge in [0.15, 0.2) is 0 Å². The van der Waals surface area contributed by atoms with E-state index in [1.54, 1.807) is 24.3 Å². The Labute approximate surface area is 142 Å². The van der Waals surface area contributed by atoms with E-state index in [0.29, 0.717) is 27.9 Å². The smallest absolute Gasteiger partial charge is 0.284 e. The van der Waals surface area contributed by atoms with Gasteiger partial charge in [-0.2, -0.15) is 9.78 Å². The van der Waals surface area contributed by atoms with Crippen LogP contribution in [-0.4, -0.2) is 9.78 Å². The molecule has 1 aliphatic carbocycles. The number of hydrogen-bond acceptors (Lipinski definition) is 3. The van der Waals surface area contributed by atoms with Crippen LogP contribution in [0, 0.1) is 0 Å². The summed E-state index contributed by atoms with van der Waals surface area (Å²) in [5, 5.41) is 6.10. The summed E-state index contributed by atoms with van der Waals surface area (Å²) >= 11 is 5.95. The molecule has 5 heteroatoms. The van der Waals surface area contributed by atoms with Gasteiger partial charge in [0.25, 0.3) is 5.56 Å². The Morgan fingerprint density at radius 1 is 1.08 bits per heavy atom. The first-order valence-electron chi connectivity index (χ1n) is 7.93. The van der Waals surface area contributed by atoms with Crippen molar-refractivity contribution < 1.29 is 4.42 Å². The van der Waals surface area contributed by atoms with Crippen LogP contribution in [0.25, 0.3) is 27.9 Å². The van der Waals surface area contributed by atoms with E-state index in [-0.39, 0.29) is 5.56 Å². The SMILES string of the molecule is O=c1c2c(C3CC3)oc3ccccc3c-2nn1-c1ccc(Cl)cc1. The number of halogens is 1. The summed E-state index contributed by atoms with van der Waals surface area (Å²) in [6.45, 7) is 0. The van der Waals surface area contributed by atoms with Crippen molar-refractivity contribution in [1.29, 1.82) is 0 Å². The zero-order valence-electron chi connectivity index (χ0n) is 12.7. The lowest BCUT2D eigenvalue weighted by Gasteiger charge is -2.07. The lowest BCUT2D eigenvalue weighted by Crippen LogP contribution is -2.15. The Balaban J connectivity index is 1.87. The summed E-state index contributed by atoms with van der Waals surface area (Å²) in [7, 11) is 0. The normalized spacial score (nSPS) is 14.5. The van der Waals surface area contributed by atoms with Gasteiger partial charge in [0.05, 0.1) is 5.69 Å². The van der Waals surface area contributed by atoms with Crippen LogP contribution in [0.5, 0.6) is 0 Å². The van der Waals surface area contributed by atoms with Gasteiger partial charge >= 0.3 is 0 Å². The van der Waals surface area contributed by atoms with Gasteiger partial charge in [0, 0.05) is 16.3 Å². The van der Waals surface area contributed by atoms with Crippen LogP contribution in [0.1, 0.15) is 24.5 Å². The van der Waals surface area contributed by atoms with Gasteiger partial charge in [-0.05, 0) is 49.2 Å². The van der Waals surface area contributed by atoms with Crippen molar-refractivity contribution in [3.05, 3.63) is 69.7 Å². The Morgan fingerprint density at radius 3 is 2.58 bits per heavy atom. The average molecular weight is 337 g/mol. The molecule has 1 fully saturated rings. The number of fused-ring (bicyclic) bond motifs is 3. The fraction of sp³-hybridized carbons (Fsp3) is 0.158. The van der Waals surface area contributed by atoms with Gasteiger partial charge in [-0.3, -0.25) is 4.79 Å². The van der Waals surface area contributed by atoms with E-state index in [1.807, 2.05) is 24.3 Å². The lowest BCUT2D eigenvalue weighted by molar-refractivity contribution is 0.542. The minimum Gasteiger partial charge on any atom is -0.460 e. The van der Waals surface area contributed by atoms with Crippen LogP contribution in [0.2, 0.25) is 5.02 Å². The number of benzene rings is 2. The minimum absolute atomic E-state index is 0.135. The highest BCUT2D eigenvalue weighted by atomic mass is 35.5.